The number of anilines is 1. The molecule has 5 nitrogen and oxygen atoms in total. The monoisotopic (exact) mass is 390 g/mol. The van der Waals surface area contributed by atoms with Gasteiger partial charge in [-0.15, -0.1) is 0 Å². The zero-order chi connectivity index (χ0) is 17.7. The van der Waals surface area contributed by atoms with Crippen LogP contribution in [0.15, 0.2) is 47.4 Å². The van der Waals surface area contributed by atoms with Crippen molar-refractivity contribution in [2.45, 2.75) is 11.3 Å². The van der Waals surface area contributed by atoms with Gasteiger partial charge in [0.2, 0.25) is 15.9 Å². The molecule has 0 aliphatic carbocycles. The Labute approximate surface area is 148 Å². The predicted molar refractivity (Wildman–Crippen MR) is 91.3 cm³/mol. The summed E-state index contributed by atoms with van der Waals surface area (Å²) in [6.07, 6.45) is -0.102. The number of nitrogens with one attached hydrogen (secondary N) is 2. The normalized spacial score (nSPS) is 11.3. The Morgan fingerprint density at radius 3 is 2.54 bits per heavy atom. The Hall–Kier alpha value is -1.67. The highest BCUT2D eigenvalue weighted by molar-refractivity contribution is 7.89. The van der Waals surface area contributed by atoms with Gasteiger partial charge < -0.3 is 5.32 Å². The van der Waals surface area contributed by atoms with Crippen molar-refractivity contribution in [1.82, 2.24) is 4.72 Å². The fraction of sp³-hybridized carbons (Fsp3) is 0.133. The zero-order valence-electron chi connectivity index (χ0n) is 12.2. The highest BCUT2D eigenvalue weighted by atomic mass is 35.5. The summed E-state index contributed by atoms with van der Waals surface area (Å²) in [5.74, 6) is -1.03. The number of sulfonamides is 1. The lowest BCUT2D eigenvalue weighted by molar-refractivity contribution is -0.116. The fourth-order valence-corrected chi connectivity index (χ4v) is 3.33. The Morgan fingerprint density at radius 1 is 1.12 bits per heavy atom. The van der Waals surface area contributed by atoms with Crippen molar-refractivity contribution in [3.05, 3.63) is 58.3 Å². The summed E-state index contributed by atoms with van der Waals surface area (Å²) in [5.41, 5.74) is 0.323. The highest BCUT2D eigenvalue weighted by Gasteiger charge is 2.14. The average Bonchev–Trinajstić information content (AvgIpc) is 2.51. The van der Waals surface area contributed by atoms with Crippen LogP contribution in [0.25, 0.3) is 0 Å². The van der Waals surface area contributed by atoms with E-state index in [-0.39, 0.29) is 22.9 Å². The molecule has 0 unspecified atom stereocenters. The Balaban J connectivity index is 1.89. The molecule has 0 radical (unpaired) electrons. The van der Waals surface area contributed by atoms with Crippen LogP contribution in [0.2, 0.25) is 10.0 Å². The third-order valence-corrected chi connectivity index (χ3v) is 4.94. The van der Waals surface area contributed by atoms with Crippen LogP contribution in [-0.2, 0) is 14.8 Å². The molecule has 0 saturated heterocycles. The van der Waals surface area contributed by atoms with E-state index in [0.717, 1.165) is 6.07 Å². The van der Waals surface area contributed by atoms with Gasteiger partial charge in [-0.05, 0) is 36.4 Å². The number of rotatable bonds is 6. The summed E-state index contributed by atoms with van der Waals surface area (Å²) in [5, 5.41) is 2.68. The van der Waals surface area contributed by atoms with Gasteiger partial charge in [0.1, 0.15) is 5.82 Å². The summed E-state index contributed by atoms with van der Waals surface area (Å²) in [6, 6.07) is 9.53. The molecule has 2 aromatic carbocycles. The van der Waals surface area contributed by atoms with E-state index < -0.39 is 21.7 Å². The maximum atomic E-state index is 13.0. The fourth-order valence-electron chi connectivity index (χ4n) is 1.81. The van der Waals surface area contributed by atoms with Gasteiger partial charge in [0.05, 0.1) is 9.92 Å². The average molecular weight is 391 g/mol. The number of benzene rings is 2. The highest BCUT2D eigenvalue weighted by Crippen LogP contribution is 2.19. The van der Waals surface area contributed by atoms with E-state index in [2.05, 4.69) is 10.0 Å². The van der Waals surface area contributed by atoms with Crippen LogP contribution < -0.4 is 10.0 Å². The summed E-state index contributed by atoms with van der Waals surface area (Å²) in [4.78, 5) is 11.8. The molecule has 2 N–H and O–H groups in total. The van der Waals surface area contributed by atoms with Crippen LogP contribution >= 0.6 is 23.2 Å². The summed E-state index contributed by atoms with van der Waals surface area (Å²) >= 11 is 11.4. The largest absolute Gasteiger partial charge is 0.326 e. The van der Waals surface area contributed by atoms with Crippen LogP contribution in [0.1, 0.15) is 6.42 Å². The molecule has 9 heteroatoms. The lowest BCUT2D eigenvalue weighted by Crippen LogP contribution is -2.27. The molecule has 24 heavy (non-hydrogen) atoms. The summed E-state index contributed by atoms with van der Waals surface area (Å²) in [7, 11) is -3.75. The number of halogens is 3. The second-order valence-electron chi connectivity index (χ2n) is 4.78. The molecule has 0 saturated carbocycles. The second-order valence-corrected chi connectivity index (χ2v) is 7.39. The molecule has 0 spiro atoms. The van der Waals surface area contributed by atoms with Gasteiger partial charge in [-0.3, -0.25) is 4.79 Å². The number of carbonyl (C=O) groups is 1. The first-order valence-electron chi connectivity index (χ1n) is 6.78. The zero-order valence-corrected chi connectivity index (χ0v) is 14.6. The lowest BCUT2D eigenvalue weighted by Gasteiger charge is -2.08. The van der Waals surface area contributed by atoms with Gasteiger partial charge >= 0.3 is 0 Å². The van der Waals surface area contributed by atoms with E-state index in [4.69, 9.17) is 23.2 Å². The van der Waals surface area contributed by atoms with Gasteiger partial charge in [0.15, 0.2) is 0 Å². The Bertz CT molecular complexity index is 860. The maximum absolute atomic E-state index is 13.0. The SMILES string of the molecule is O=C(CCNS(=O)(=O)c1cccc(Cl)c1)Nc1ccc(F)c(Cl)c1. The number of amides is 1. The topological polar surface area (TPSA) is 75.3 Å². The van der Waals surface area contributed by atoms with E-state index in [1.165, 1.54) is 30.3 Å². The van der Waals surface area contributed by atoms with Gasteiger partial charge in [-0.1, -0.05) is 29.3 Å². The van der Waals surface area contributed by atoms with Crippen molar-refractivity contribution in [3.63, 3.8) is 0 Å². The molecular weight excluding hydrogens is 378 g/mol. The minimum atomic E-state index is -3.75. The molecule has 0 aliphatic rings. The number of hydrogen-bond acceptors (Lipinski definition) is 3. The van der Waals surface area contributed by atoms with Gasteiger partial charge in [-0.25, -0.2) is 17.5 Å². The Morgan fingerprint density at radius 2 is 1.88 bits per heavy atom. The maximum Gasteiger partial charge on any atom is 0.240 e. The first-order valence-corrected chi connectivity index (χ1v) is 9.02. The molecule has 0 aliphatic heterocycles. The third-order valence-electron chi connectivity index (χ3n) is 2.95. The molecule has 2 aromatic rings. The standard InChI is InChI=1S/C15H13Cl2FN2O3S/c16-10-2-1-3-12(8-10)24(22,23)19-7-6-15(21)20-11-4-5-14(18)13(17)9-11/h1-5,8-9,19H,6-7H2,(H,20,21). The van der Waals surface area contributed by atoms with E-state index >= 15 is 0 Å². The van der Waals surface area contributed by atoms with E-state index in [9.17, 15) is 17.6 Å². The van der Waals surface area contributed by atoms with Crippen LogP contribution in [0.5, 0.6) is 0 Å². The minimum Gasteiger partial charge on any atom is -0.326 e. The molecule has 128 valence electrons. The molecule has 0 bridgehead atoms. The lowest BCUT2D eigenvalue weighted by atomic mass is 10.3. The molecule has 0 atom stereocenters. The van der Waals surface area contributed by atoms with E-state index in [1.54, 1.807) is 6.07 Å². The van der Waals surface area contributed by atoms with Gasteiger partial charge in [-0.2, -0.15) is 0 Å². The van der Waals surface area contributed by atoms with Gasteiger partial charge in [0.25, 0.3) is 0 Å². The van der Waals surface area contributed by atoms with Crippen LogP contribution in [-0.4, -0.2) is 20.9 Å². The Kier molecular flexibility index (Phi) is 6.17. The van der Waals surface area contributed by atoms with Gasteiger partial charge in [0, 0.05) is 23.7 Å². The predicted octanol–water partition coefficient (Wildman–Crippen LogP) is 3.44. The van der Waals surface area contributed by atoms with Crippen LogP contribution in [0, 0.1) is 5.82 Å². The van der Waals surface area contributed by atoms with E-state index in [1.807, 2.05) is 0 Å². The van der Waals surface area contributed by atoms with Crippen molar-refractivity contribution < 1.29 is 17.6 Å². The number of carbonyl (C=O) groups excluding carboxylic acids is 1. The molecular formula is C15H13Cl2FN2O3S. The molecule has 0 heterocycles. The van der Waals surface area contributed by atoms with Crippen LogP contribution in [0.3, 0.4) is 0 Å². The van der Waals surface area contributed by atoms with Crippen molar-refractivity contribution in [2.24, 2.45) is 0 Å². The van der Waals surface area contributed by atoms with E-state index in [0.29, 0.717) is 10.7 Å². The smallest absolute Gasteiger partial charge is 0.240 e. The minimum absolute atomic E-state index is 0.0146. The molecule has 0 aromatic heterocycles. The first-order chi connectivity index (χ1) is 11.3. The molecule has 1 amide bonds. The van der Waals surface area contributed by atoms with Crippen molar-refractivity contribution in [1.29, 1.82) is 0 Å². The summed E-state index contributed by atoms with van der Waals surface area (Å²) in [6.45, 7) is -0.102. The van der Waals surface area contributed by atoms with Crippen molar-refractivity contribution in [3.8, 4) is 0 Å². The molecule has 0 fully saturated rings. The van der Waals surface area contributed by atoms with Crippen LogP contribution in [0.4, 0.5) is 10.1 Å². The first kappa shape index (κ1) is 18.7. The third kappa shape index (κ3) is 5.17. The van der Waals surface area contributed by atoms with Crippen molar-refractivity contribution in [2.75, 3.05) is 11.9 Å². The summed E-state index contributed by atoms with van der Waals surface area (Å²) < 4.78 is 39.4. The number of hydrogen-bond donors (Lipinski definition) is 2. The van der Waals surface area contributed by atoms with Crippen molar-refractivity contribution >= 4 is 44.8 Å². The quantitative estimate of drug-likeness (QED) is 0.792. The molecule has 2 rings (SSSR count). The second kappa shape index (κ2) is 7.94.